The van der Waals surface area contributed by atoms with Crippen molar-refractivity contribution in [2.75, 3.05) is 18.0 Å². The Labute approximate surface area is 187 Å². The quantitative estimate of drug-likeness (QED) is 0.555. The van der Waals surface area contributed by atoms with E-state index in [0.717, 1.165) is 0 Å². The number of halogens is 1. The summed E-state index contributed by atoms with van der Waals surface area (Å²) in [6.45, 7) is 5.77. The Morgan fingerprint density at radius 2 is 2.00 bits per heavy atom. The molecule has 0 aliphatic carbocycles. The molecule has 5 amide bonds. The number of rotatable bonds is 2. The van der Waals surface area contributed by atoms with Gasteiger partial charge in [-0.25, -0.2) is 9.18 Å². The second-order valence-electron chi connectivity index (χ2n) is 8.60. The molecule has 3 aliphatic rings. The summed E-state index contributed by atoms with van der Waals surface area (Å²) in [7, 11) is 0. The average Bonchev–Trinajstić information content (AvgIpc) is 3.15. The number of hydrogen-bond donors (Lipinski definition) is 3. The van der Waals surface area contributed by atoms with Crippen molar-refractivity contribution < 1.29 is 32.8 Å². The highest BCUT2D eigenvalue weighted by atomic mass is 19.1. The minimum Gasteiger partial charge on any atom is -0.372 e. The molecule has 33 heavy (non-hydrogen) atoms. The summed E-state index contributed by atoms with van der Waals surface area (Å²) in [6.07, 6.45) is -1.17. The number of barbiturate groups is 1. The van der Waals surface area contributed by atoms with E-state index < -0.39 is 47.1 Å². The third kappa shape index (κ3) is 2.86. The van der Waals surface area contributed by atoms with Crippen LogP contribution in [0.15, 0.2) is 10.6 Å². The molecular weight excluding hydrogens is 437 g/mol. The van der Waals surface area contributed by atoms with Crippen LogP contribution in [0.3, 0.4) is 0 Å². The highest BCUT2D eigenvalue weighted by Crippen LogP contribution is 2.49. The molecule has 3 unspecified atom stereocenters. The van der Waals surface area contributed by atoms with Gasteiger partial charge in [-0.15, -0.1) is 0 Å². The van der Waals surface area contributed by atoms with Gasteiger partial charge >= 0.3 is 6.03 Å². The Kier molecular flexibility index (Phi) is 4.67. The van der Waals surface area contributed by atoms with Gasteiger partial charge in [-0.1, -0.05) is 5.16 Å². The normalized spacial score (nSPS) is 26.0. The summed E-state index contributed by atoms with van der Waals surface area (Å²) in [5, 5.41) is 10.8. The summed E-state index contributed by atoms with van der Waals surface area (Å²) in [6, 6.07) is -0.272. The lowest BCUT2D eigenvalue weighted by Gasteiger charge is -2.55. The number of carbonyl (C=O) groups excluding carboxylic acids is 4. The van der Waals surface area contributed by atoms with Crippen molar-refractivity contribution in [3.05, 3.63) is 23.1 Å². The second kappa shape index (κ2) is 7.24. The molecule has 174 valence electrons. The highest BCUT2D eigenvalue weighted by molar-refractivity contribution is 6.20. The lowest BCUT2D eigenvalue weighted by Crippen LogP contribution is -2.75. The van der Waals surface area contributed by atoms with Gasteiger partial charge in [0.1, 0.15) is 0 Å². The largest absolute Gasteiger partial charge is 0.372 e. The zero-order valence-corrected chi connectivity index (χ0v) is 18.2. The van der Waals surface area contributed by atoms with Crippen LogP contribution in [0, 0.1) is 11.2 Å². The van der Waals surface area contributed by atoms with Crippen molar-refractivity contribution in [1.82, 2.24) is 21.1 Å². The van der Waals surface area contributed by atoms with Gasteiger partial charge in [0.05, 0.1) is 29.3 Å². The van der Waals surface area contributed by atoms with E-state index in [4.69, 9.17) is 9.26 Å². The zero-order valence-electron chi connectivity index (χ0n) is 18.2. The third-order valence-corrected chi connectivity index (χ3v) is 6.52. The number of fused-ring (bicyclic) bond motifs is 5. The molecular formula is C21H22FN5O6. The van der Waals surface area contributed by atoms with Gasteiger partial charge in [0, 0.05) is 19.5 Å². The van der Waals surface area contributed by atoms with Gasteiger partial charge in [0.15, 0.2) is 16.9 Å². The SMILES string of the molecule is CCNC(=O)c1noc2c(F)c3c(cc12)CC1(C(=O)NC(=O)NC1=O)C1C(C)OC(C)CN31. The van der Waals surface area contributed by atoms with Gasteiger partial charge < -0.3 is 19.5 Å². The van der Waals surface area contributed by atoms with Crippen molar-refractivity contribution in [1.29, 1.82) is 0 Å². The monoisotopic (exact) mass is 459 g/mol. The highest BCUT2D eigenvalue weighted by Gasteiger charge is 2.63. The van der Waals surface area contributed by atoms with Crippen molar-refractivity contribution >= 4 is 40.4 Å². The summed E-state index contributed by atoms with van der Waals surface area (Å²) in [4.78, 5) is 52.2. The van der Waals surface area contributed by atoms with E-state index >= 15 is 4.39 Å². The first kappa shape index (κ1) is 21.3. The van der Waals surface area contributed by atoms with Crippen LogP contribution in [0.1, 0.15) is 36.8 Å². The van der Waals surface area contributed by atoms with Crippen molar-refractivity contribution in [3.8, 4) is 0 Å². The lowest BCUT2D eigenvalue weighted by molar-refractivity contribution is -0.153. The third-order valence-electron chi connectivity index (χ3n) is 6.52. The number of aromatic nitrogens is 1. The topological polar surface area (TPSA) is 143 Å². The summed E-state index contributed by atoms with van der Waals surface area (Å²) < 4.78 is 27.0. The van der Waals surface area contributed by atoms with Crippen LogP contribution in [0.25, 0.3) is 11.0 Å². The minimum atomic E-state index is -1.75. The molecule has 12 heteroatoms. The molecule has 1 aromatic heterocycles. The fourth-order valence-electron chi connectivity index (χ4n) is 5.36. The van der Waals surface area contributed by atoms with Crippen molar-refractivity contribution in [2.45, 2.75) is 45.4 Å². The van der Waals surface area contributed by atoms with Gasteiger partial charge in [-0.05, 0) is 32.4 Å². The second-order valence-corrected chi connectivity index (χ2v) is 8.60. The van der Waals surface area contributed by atoms with Crippen molar-refractivity contribution in [3.63, 3.8) is 0 Å². The number of nitrogens with one attached hydrogen (secondary N) is 3. The van der Waals surface area contributed by atoms with Gasteiger partial charge in [0.2, 0.25) is 17.4 Å². The molecule has 4 heterocycles. The number of hydrogen-bond acceptors (Lipinski definition) is 8. The van der Waals surface area contributed by atoms with E-state index in [0.29, 0.717) is 12.1 Å². The standard InChI is InChI=1S/C21H22FN5O6/c1-4-23-17(28)13-11-5-10-6-21(18(29)24-20(31)25-19(21)30)16-9(3)32-8(2)7-27(16)14(10)12(22)15(11)33-26-13/h5,8-9,16H,4,6-7H2,1-3H3,(H,23,28)(H2,24,25,29,30,31). The maximum atomic E-state index is 15.8. The molecule has 1 spiro atoms. The van der Waals surface area contributed by atoms with E-state index in [1.807, 2.05) is 0 Å². The summed E-state index contributed by atoms with van der Waals surface area (Å²) in [5.41, 5.74) is -1.54. The molecule has 5 rings (SSSR count). The Morgan fingerprint density at radius 3 is 2.67 bits per heavy atom. The Bertz CT molecular complexity index is 1210. The molecule has 1 aromatic carbocycles. The number of urea groups is 1. The van der Waals surface area contributed by atoms with Crippen LogP contribution >= 0.6 is 0 Å². The Morgan fingerprint density at radius 1 is 1.30 bits per heavy atom. The van der Waals surface area contributed by atoms with Crippen LogP contribution in [0.2, 0.25) is 0 Å². The van der Waals surface area contributed by atoms with Gasteiger partial charge in [0.25, 0.3) is 5.91 Å². The predicted octanol–water partition coefficient (Wildman–Crippen LogP) is 0.607. The fourth-order valence-corrected chi connectivity index (χ4v) is 5.36. The number of benzene rings is 1. The van der Waals surface area contributed by atoms with E-state index in [1.54, 1.807) is 25.7 Å². The summed E-state index contributed by atoms with van der Waals surface area (Å²) >= 11 is 0. The number of morpholine rings is 1. The number of amides is 5. The maximum Gasteiger partial charge on any atom is 0.328 e. The number of imide groups is 2. The van der Waals surface area contributed by atoms with Gasteiger partial charge in [-0.2, -0.15) is 0 Å². The van der Waals surface area contributed by atoms with E-state index in [-0.39, 0.29) is 41.4 Å². The lowest BCUT2D eigenvalue weighted by atomic mass is 9.66. The van der Waals surface area contributed by atoms with E-state index in [9.17, 15) is 19.2 Å². The summed E-state index contributed by atoms with van der Waals surface area (Å²) in [5.74, 6) is -2.83. The first-order chi connectivity index (χ1) is 15.7. The number of carbonyl (C=O) groups is 4. The van der Waals surface area contributed by atoms with E-state index in [2.05, 4.69) is 21.1 Å². The van der Waals surface area contributed by atoms with Crippen LogP contribution in [0.4, 0.5) is 14.9 Å². The molecule has 0 saturated carbocycles. The first-order valence-electron chi connectivity index (χ1n) is 10.7. The Hall–Kier alpha value is -3.54. The molecule has 3 atom stereocenters. The first-order valence-corrected chi connectivity index (χ1v) is 10.7. The smallest absolute Gasteiger partial charge is 0.328 e. The van der Waals surface area contributed by atoms with Gasteiger partial charge in [-0.3, -0.25) is 25.0 Å². The molecule has 11 nitrogen and oxygen atoms in total. The molecule has 0 radical (unpaired) electrons. The molecule has 3 aliphatic heterocycles. The molecule has 2 saturated heterocycles. The number of ether oxygens (including phenoxy) is 1. The molecule has 2 aromatic rings. The fraction of sp³-hybridized carbons (Fsp3) is 0.476. The zero-order chi connectivity index (χ0) is 23.7. The number of nitrogens with zero attached hydrogens (tertiary/aromatic N) is 2. The van der Waals surface area contributed by atoms with Crippen molar-refractivity contribution in [2.24, 2.45) is 5.41 Å². The van der Waals surface area contributed by atoms with Crippen LogP contribution in [-0.2, 0) is 20.7 Å². The maximum absolute atomic E-state index is 15.8. The molecule has 3 N–H and O–H groups in total. The van der Waals surface area contributed by atoms with Crippen LogP contribution in [-0.4, -0.2) is 60.2 Å². The van der Waals surface area contributed by atoms with E-state index in [1.165, 1.54) is 6.07 Å². The van der Waals surface area contributed by atoms with Crippen LogP contribution in [0.5, 0.6) is 0 Å². The molecule has 2 fully saturated rings. The minimum absolute atomic E-state index is 0.0961. The predicted molar refractivity (Wildman–Crippen MR) is 111 cm³/mol. The molecule has 0 bridgehead atoms. The average molecular weight is 459 g/mol. The number of anilines is 1. The van der Waals surface area contributed by atoms with Crippen LogP contribution < -0.4 is 20.9 Å². The Balaban J connectivity index is 1.75.